The number of aromatic carboxylic acids is 6. The highest BCUT2D eigenvalue weighted by Crippen LogP contribution is 2.29. The smallest absolute Gasteiger partial charge is 0.336 e. The van der Waals surface area contributed by atoms with Gasteiger partial charge in [0.05, 0.1) is 66.8 Å². The van der Waals surface area contributed by atoms with Crippen molar-refractivity contribution in [3.63, 3.8) is 0 Å². The van der Waals surface area contributed by atoms with E-state index in [1.807, 2.05) is 0 Å². The molecule has 0 saturated carbocycles. The Morgan fingerprint density at radius 1 is 0.284 bits per heavy atom. The highest BCUT2D eigenvalue weighted by Gasteiger charge is 2.29. The van der Waals surface area contributed by atoms with Crippen LogP contribution in [0.25, 0.3) is 0 Å². The average molecular weight is 1100 g/mol. The van der Waals surface area contributed by atoms with Crippen LogP contribution in [0.5, 0.6) is 11.5 Å². The van der Waals surface area contributed by atoms with Crippen LogP contribution in [0.4, 0.5) is 28.4 Å². The highest BCUT2D eigenvalue weighted by atomic mass is 16.5. The summed E-state index contributed by atoms with van der Waals surface area (Å²) >= 11 is 0. The maximum atomic E-state index is 13.7. The molecule has 7 aromatic carbocycles. The van der Waals surface area contributed by atoms with Crippen molar-refractivity contribution in [2.24, 2.45) is 0 Å². The maximum Gasteiger partial charge on any atom is 0.336 e. The Hall–Kier alpha value is -12.0. The molecular weight excluding hydrogens is 1060 g/mol. The van der Waals surface area contributed by atoms with E-state index in [9.17, 15) is 88.2 Å². The molecule has 7 rings (SSSR count). The molecular formula is C56H40N6O19. The number of carboxylic acid groups (broad SMARTS) is 6. The van der Waals surface area contributed by atoms with Gasteiger partial charge in [-0.2, -0.15) is 0 Å². The molecule has 0 saturated heterocycles. The molecule has 12 N–H and O–H groups in total. The maximum absolute atomic E-state index is 13.7. The summed E-state index contributed by atoms with van der Waals surface area (Å²) in [5.74, 6) is -15.7. The van der Waals surface area contributed by atoms with Gasteiger partial charge in [-0.1, -0.05) is 17.7 Å². The van der Waals surface area contributed by atoms with E-state index in [0.29, 0.717) is 18.2 Å². The largest absolute Gasteiger partial charge is 0.478 e. The van der Waals surface area contributed by atoms with E-state index in [1.54, 1.807) is 31.2 Å². The minimum absolute atomic E-state index is 0.00127. The first-order chi connectivity index (χ1) is 38.4. The number of benzene rings is 7. The Bertz CT molecular complexity index is 3820. The van der Waals surface area contributed by atoms with Crippen LogP contribution in [0, 0.1) is 6.92 Å². The molecule has 7 aromatic rings. The Morgan fingerprint density at radius 3 is 0.679 bits per heavy atom. The summed E-state index contributed by atoms with van der Waals surface area (Å²) in [6.07, 6.45) is 0. The second-order valence-corrected chi connectivity index (χ2v) is 17.1. The molecule has 408 valence electrons. The van der Waals surface area contributed by atoms with Gasteiger partial charge in [0.2, 0.25) is 0 Å². The van der Waals surface area contributed by atoms with Gasteiger partial charge in [-0.3, -0.25) is 28.8 Å². The second-order valence-electron chi connectivity index (χ2n) is 17.1. The third-order valence-corrected chi connectivity index (χ3v) is 11.7. The van der Waals surface area contributed by atoms with Crippen LogP contribution in [0.15, 0.2) is 133 Å². The fourth-order valence-electron chi connectivity index (χ4n) is 7.74. The normalized spacial score (nSPS) is 10.5. The zero-order valence-corrected chi connectivity index (χ0v) is 41.7. The van der Waals surface area contributed by atoms with Gasteiger partial charge in [0.15, 0.2) is 0 Å². The molecule has 81 heavy (non-hydrogen) atoms. The summed E-state index contributed by atoms with van der Waals surface area (Å²) in [5.41, 5.74) is -6.31. The molecule has 0 atom stereocenters. The van der Waals surface area contributed by atoms with Crippen LogP contribution in [0.1, 0.15) is 130 Å². The van der Waals surface area contributed by atoms with Crippen molar-refractivity contribution in [2.75, 3.05) is 33.6 Å². The number of ether oxygens (including phenoxy) is 1. The lowest BCUT2D eigenvalue weighted by Gasteiger charge is -2.14. The van der Waals surface area contributed by atoms with Gasteiger partial charge in [-0.05, 0) is 128 Å². The Kier molecular flexibility index (Phi) is 16.7. The molecule has 0 aromatic heterocycles. The van der Waals surface area contributed by atoms with Crippen molar-refractivity contribution in [2.45, 2.75) is 6.92 Å². The van der Waals surface area contributed by atoms with E-state index in [0.717, 1.165) is 23.8 Å². The zero-order chi connectivity index (χ0) is 59.0. The van der Waals surface area contributed by atoms with Gasteiger partial charge in [-0.25, -0.2) is 28.8 Å². The average Bonchev–Trinajstić information content (AvgIpc) is 3.44. The molecule has 0 bridgehead atoms. The number of aryl methyl sites for hydroxylation is 1. The van der Waals surface area contributed by atoms with Gasteiger partial charge in [-0.15, -0.1) is 0 Å². The van der Waals surface area contributed by atoms with Crippen LogP contribution in [0.2, 0.25) is 0 Å². The SMILES string of the molecule is CNC(=O)c1cc(C(=O)Nc2ccc(Oc3ccc(NC(=O)c4cc(C(=O)Nc5ccc(NC(=O)c6cc(C(=O)Nc7ccc(C)cc7)c(C(=O)O)cc6C(=O)O)cc5)c(C(=O)O)cc4C(=O)O)cc3)cc2)c(C(=O)O)cc1C(=O)O. The molecule has 0 fully saturated rings. The number of carboxylic acids is 6. The van der Waals surface area contributed by atoms with Crippen LogP contribution in [-0.2, 0) is 0 Å². The summed E-state index contributed by atoms with van der Waals surface area (Å²) in [5, 5.41) is 73.5. The fraction of sp³-hybridized carbons (Fsp3) is 0.0357. The molecule has 25 nitrogen and oxygen atoms in total. The van der Waals surface area contributed by atoms with Crippen molar-refractivity contribution >= 4 is 99.7 Å². The minimum atomic E-state index is -1.73. The number of rotatable bonds is 19. The first kappa shape index (κ1) is 56.7. The minimum Gasteiger partial charge on any atom is -0.478 e. The molecule has 0 unspecified atom stereocenters. The number of anilines is 5. The molecule has 0 radical (unpaired) electrons. The lowest BCUT2D eigenvalue weighted by atomic mass is 9.96. The second kappa shape index (κ2) is 23.9. The third kappa shape index (κ3) is 13.2. The first-order valence-electron chi connectivity index (χ1n) is 23.2. The molecule has 6 amide bonds. The number of carbonyl (C=O) groups excluding carboxylic acids is 6. The lowest BCUT2D eigenvalue weighted by molar-refractivity contribution is 0.0672. The number of hydrogen-bond donors (Lipinski definition) is 12. The van der Waals surface area contributed by atoms with Gasteiger partial charge in [0.1, 0.15) is 11.5 Å². The Labute approximate surface area is 454 Å². The molecule has 0 spiro atoms. The molecule has 25 heteroatoms. The predicted octanol–water partition coefficient (Wildman–Crippen LogP) is 7.60. The Morgan fingerprint density at radius 2 is 0.469 bits per heavy atom. The van der Waals surface area contributed by atoms with Crippen molar-refractivity contribution in [3.8, 4) is 11.5 Å². The summed E-state index contributed by atoms with van der Waals surface area (Å²) in [4.78, 5) is 152. The van der Waals surface area contributed by atoms with E-state index < -0.39 is 138 Å². The summed E-state index contributed by atoms with van der Waals surface area (Å²) in [6.45, 7) is 1.80. The fourth-order valence-corrected chi connectivity index (χ4v) is 7.74. The van der Waals surface area contributed by atoms with Crippen LogP contribution >= 0.6 is 0 Å². The van der Waals surface area contributed by atoms with E-state index in [-0.39, 0.29) is 39.9 Å². The van der Waals surface area contributed by atoms with Crippen molar-refractivity contribution in [3.05, 3.63) is 206 Å². The zero-order valence-electron chi connectivity index (χ0n) is 41.7. The number of carbonyl (C=O) groups is 12. The van der Waals surface area contributed by atoms with Crippen molar-refractivity contribution < 1.29 is 92.9 Å². The van der Waals surface area contributed by atoms with Gasteiger partial charge >= 0.3 is 35.8 Å². The van der Waals surface area contributed by atoms with E-state index in [4.69, 9.17) is 4.74 Å². The van der Waals surface area contributed by atoms with Gasteiger partial charge in [0.25, 0.3) is 35.4 Å². The predicted molar refractivity (Wildman–Crippen MR) is 285 cm³/mol. The van der Waals surface area contributed by atoms with E-state index >= 15 is 0 Å². The summed E-state index contributed by atoms with van der Waals surface area (Å²) in [7, 11) is 1.22. The monoisotopic (exact) mass is 1100 g/mol. The van der Waals surface area contributed by atoms with Crippen molar-refractivity contribution in [1.82, 2.24) is 5.32 Å². The van der Waals surface area contributed by atoms with E-state index in [2.05, 4.69) is 31.9 Å². The standard InChI is InChI=1S/C56H40N6O19/c1-25-3-5-26(6-4-25)58-47(65)35-20-36(42(54(75)76)23-41(35)53(73)74)48(66)59-27-7-9-28(10-8-27)60-49(67)37-21-38(44(56(79)80)24-43(37)55(77)78)50(68)62-30-13-17-32(18-14-30)81-31-15-11-29(12-16-31)61-46(64)34-19-33(45(63)57-2)39(51(69)70)22-40(34)52(71)72/h3-24H,1-2H3,(H,57,63)(H,58,65)(H,59,66)(H,60,67)(H,61,64)(H,62,68)(H,69,70)(H,71,72)(H,73,74)(H,75,76)(H,77,78)(H,79,80). The number of hydrogen-bond acceptors (Lipinski definition) is 13. The van der Waals surface area contributed by atoms with Crippen LogP contribution < -0.4 is 36.6 Å². The summed E-state index contributed by atoms with van der Waals surface area (Å²) < 4.78 is 5.83. The lowest BCUT2D eigenvalue weighted by Crippen LogP contribution is -2.24. The van der Waals surface area contributed by atoms with E-state index in [1.165, 1.54) is 79.8 Å². The van der Waals surface area contributed by atoms with Crippen LogP contribution in [0.3, 0.4) is 0 Å². The molecule has 0 aliphatic heterocycles. The first-order valence-corrected chi connectivity index (χ1v) is 23.2. The van der Waals surface area contributed by atoms with Gasteiger partial charge in [0, 0.05) is 35.5 Å². The third-order valence-electron chi connectivity index (χ3n) is 11.7. The Balaban J connectivity index is 1.02. The quantitative estimate of drug-likeness (QED) is 0.0371. The highest BCUT2D eigenvalue weighted by molar-refractivity contribution is 6.19. The van der Waals surface area contributed by atoms with Crippen LogP contribution in [-0.4, -0.2) is 109 Å². The molecule has 0 heterocycles. The molecule has 0 aliphatic rings. The molecule has 0 aliphatic carbocycles. The topological polar surface area (TPSA) is 408 Å². The van der Waals surface area contributed by atoms with Gasteiger partial charge < -0.3 is 67.3 Å². The van der Waals surface area contributed by atoms with Crippen molar-refractivity contribution in [1.29, 1.82) is 0 Å². The summed E-state index contributed by atoms with van der Waals surface area (Å²) in [6, 6.07) is 27.0. The number of nitrogens with one attached hydrogen (secondary N) is 6. The number of amides is 6.